The van der Waals surface area contributed by atoms with Crippen molar-refractivity contribution in [1.29, 1.82) is 0 Å². The minimum Gasteiger partial charge on any atom is -0.476 e. The molecule has 0 aromatic heterocycles. The molecular weight excluding hydrogens is 144 g/mol. The highest BCUT2D eigenvalue weighted by Gasteiger charge is 2.14. The molecule has 0 radical (unpaired) electrons. The molecule has 0 saturated carbocycles. The Kier molecular flexibility index (Phi) is 2.09. The molecular formula is C7H8N2O2. The summed E-state index contributed by atoms with van der Waals surface area (Å²) in [7, 11) is 0. The van der Waals surface area contributed by atoms with E-state index >= 15 is 0 Å². The monoisotopic (exact) mass is 152 g/mol. The fourth-order valence-corrected chi connectivity index (χ4v) is 0.711. The Morgan fingerprint density at radius 3 is 3.00 bits per heavy atom. The summed E-state index contributed by atoms with van der Waals surface area (Å²) < 4.78 is 5.00. The first-order valence-corrected chi connectivity index (χ1v) is 3.21. The van der Waals surface area contributed by atoms with Crippen molar-refractivity contribution in [2.75, 3.05) is 6.61 Å². The van der Waals surface area contributed by atoms with Gasteiger partial charge in [-0.05, 0) is 6.92 Å². The Balaban J connectivity index is 2.89. The standard InChI is InChI=1S/C7H8N2O2/c1-2-11-7-6(8)5(4-10)3-9-7/h3H,2,8H2,1H3. The van der Waals surface area contributed by atoms with Crippen LogP contribution in [0.5, 0.6) is 0 Å². The molecule has 2 N–H and O–H groups in total. The number of hydrogen-bond donors (Lipinski definition) is 1. The van der Waals surface area contributed by atoms with E-state index in [2.05, 4.69) is 4.99 Å². The van der Waals surface area contributed by atoms with E-state index in [0.29, 0.717) is 12.5 Å². The maximum absolute atomic E-state index is 10.1. The number of nitrogens with two attached hydrogens (primary N) is 1. The first-order valence-electron chi connectivity index (χ1n) is 3.21. The van der Waals surface area contributed by atoms with Crippen molar-refractivity contribution in [3.05, 3.63) is 17.2 Å². The Hall–Kier alpha value is -1.54. The maximum Gasteiger partial charge on any atom is 0.238 e. The second-order valence-electron chi connectivity index (χ2n) is 1.93. The summed E-state index contributed by atoms with van der Waals surface area (Å²) in [5.41, 5.74) is 5.97. The van der Waals surface area contributed by atoms with Gasteiger partial charge in [0, 0.05) is 0 Å². The molecule has 11 heavy (non-hydrogen) atoms. The molecule has 1 heterocycles. The van der Waals surface area contributed by atoms with E-state index in [-0.39, 0.29) is 11.3 Å². The molecule has 0 aromatic rings. The molecule has 0 unspecified atom stereocenters. The van der Waals surface area contributed by atoms with Crippen LogP contribution in [0.4, 0.5) is 0 Å². The van der Waals surface area contributed by atoms with Crippen LogP contribution in [0.25, 0.3) is 0 Å². The quantitative estimate of drug-likeness (QED) is 0.566. The van der Waals surface area contributed by atoms with Gasteiger partial charge in [-0.1, -0.05) is 0 Å². The molecule has 58 valence electrons. The van der Waals surface area contributed by atoms with Crippen LogP contribution in [0, 0.1) is 0 Å². The first-order chi connectivity index (χ1) is 5.29. The van der Waals surface area contributed by atoms with Gasteiger partial charge in [0.05, 0.1) is 12.8 Å². The van der Waals surface area contributed by atoms with Crippen LogP contribution >= 0.6 is 0 Å². The molecule has 1 aliphatic rings. The van der Waals surface area contributed by atoms with E-state index in [1.807, 2.05) is 6.92 Å². The number of carbonyl (C=O) groups excluding carboxylic acids is 1. The van der Waals surface area contributed by atoms with E-state index in [1.165, 1.54) is 6.21 Å². The molecule has 0 saturated heterocycles. The van der Waals surface area contributed by atoms with Gasteiger partial charge < -0.3 is 10.5 Å². The largest absolute Gasteiger partial charge is 0.476 e. The van der Waals surface area contributed by atoms with Crippen molar-refractivity contribution >= 4 is 12.2 Å². The average Bonchev–Trinajstić information content (AvgIpc) is 2.34. The molecule has 4 nitrogen and oxygen atoms in total. The fraction of sp³-hybridized carbons (Fsp3) is 0.286. The summed E-state index contributed by atoms with van der Waals surface area (Å²) >= 11 is 0. The lowest BCUT2D eigenvalue weighted by Gasteiger charge is -1.99. The number of rotatable bonds is 2. The van der Waals surface area contributed by atoms with Gasteiger partial charge in [0.1, 0.15) is 17.2 Å². The third kappa shape index (κ3) is 1.30. The number of aliphatic imine (C=N–C) groups is 1. The number of ether oxygens (including phenoxy) is 1. The minimum atomic E-state index is 0.258. The number of allylic oxidation sites excluding steroid dienone is 1. The van der Waals surface area contributed by atoms with Crippen molar-refractivity contribution in [1.82, 2.24) is 0 Å². The molecule has 0 aliphatic carbocycles. The van der Waals surface area contributed by atoms with Gasteiger partial charge in [0.15, 0.2) is 0 Å². The molecule has 4 heteroatoms. The van der Waals surface area contributed by atoms with Crippen LogP contribution in [-0.2, 0) is 9.53 Å². The van der Waals surface area contributed by atoms with Gasteiger partial charge in [0.25, 0.3) is 0 Å². The average molecular weight is 152 g/mol. The first kappa shape index (κ1) is 7.57. The molecule has 0 spiro atoms. The van der Waals surface area contributed by atoms with E-state index in [0.717, 1.165) is 0 Å². The molecule has 0 atom stereocenters. The van der Waals surface area contributed by atoms with E-state index in [9.17, 15) is 4.79 Å². The van der Waals surface area contributed by atoms with Crippen molar-refractivity contribution < 1.29 is 9.53 Å². The summed E-state index contributed by atoms with van der Waals surface area (Å²) in [6.45, 7) is 2.30. The number of hydrogen-bond acceptors (Lipinski definition) is 4. The van der Waals surface area contributed by atoms with Crippen molar-refractivity contribution in [2.24, 2.45) is 10.7 Å². The van der Waals surface area contributed by atoms with Crippen molar-refractivity contribution in [2.45, 2.75) is 6.92 Å². The topological polar surface area (TPSA) is 64.7 Å². The molecule has 0 amide bonds. The van der Waals surface area contributed by atoms with Crippen LogP contribution in [0.15, 0.2) is 22.1 Å². The Bertz CT molecular complexity index is 272. The van der Waals surface area contributed by atoms with E-state index < -0.39 is 0 Å². The lowest BCUT2D eigenvalue weighted by molar-refractivity contribution is 0.225. The zero-order chi connectivity index (χ0) is 8.27. The van der Waals surface area contributed by atoms with Crippen LogP contribution in [-0.4, -0.2) is 18.8 Å². The van der Waals surface area contributed by atoms with E-state index in [4.69, 9.17) is 10.5 Å². The maximum atomic E-state index is 10.1. The Morgan fingerprint density at radius 1 is 1.82 bits per heavy atom. The second-order valence-corrected chi connectivity index (χ2v) is 1.93. The second kappa shape index (κ2) is 3.03. The molecule has 0 bridgehead atoms. The predicted octanol–water partition coefficient (Wildman–Crippen LogP) is -0.00690. The third-order valence-electron chi connectivity index (χ3n) is 1.22. The van der Waals surface area contributed by atoms with Crippen LogP contribution in [0.1, 0.15) is 6.92 Å². The van der Waals surface area contributed by atoms with Crippen LogP contribution in [0.2, 0.25) is 0 Å². The molecule has 0 fully saturated rings. The van der Waals surface area contributed by atoms with Crippen molar-refractivity contribution in [3.63, 3.8) is 0 Å². The molecule has 1 rings (SSSR count). The van der Waals surface area contributed by atoms with Gasteiger partial charge in [-0.3, -0.25) is 0 Å². The summed E-state index contributed by atoms with van der Waals surface area (Å²) in [5.74, 6) is 1.97. The summed E-state index contributed by atoms with van der Waals surface area (Å²) in [5, 5.41) is 0. The Morgan fingerprint density at radius 2 is 2.55 bits per heavy atom. The zero-order valence-corrected chi connectivity index (χ0v) is 6.13. The highest BCUT2D eigenvalue weighted by atomic mass is 16.5. The molecule has 0 aromatic carbocycles. The summed E-state index contributed by atoms with van der Waals surface area (Å²) in [6.07, 6.45) is 1.34. The van der Waals surface area contributed by atoms with Gasteiger partial charge in [0.2, 0.25) is 5.88 Å². The lowest BCUT2D eigenvalue weighted by Crippen LogP contribution is -2.03. The normalized spacial score (nSPS) is 15.5. The van der Waals surface area contributed by atoms with Gasteiger partial charge in [-0.25, -0.2) is 9.79 Å². The third-order valence-corrected chi connectivity index (χ3v) is 1.22. The highest BCUT2D eigenvalue weighted by Crippen LogP contribution is 2.14. The zero-order valence-electron chi connectivity index (χ0n) is 6.13. The number of nitrogens with zero attached hydrogens (tertiary/aromatic N) is 1. The van der Waals surface area contributed by atoms with E-state index in [1.54, 1.807) is 5.94 Å². The summed E-state index contributed by atoms with van der Waals surface area (Å²) in [6, 6.07) is 0. The smallest absolute Gasteiger partial charge is 0.238 e. The van der Waals surface area contributed by atoms with Gasteiger partial charge >= 0.3 is 0 Å². The van der Waals surface area contributed by atoms with Gasteiger partial charge in [-0.15, -0.1) is 0 Å². The predicted molar refractivity (Wildman–Crippen MR) is 40.5 cm³/mol. The minimum absolute atomic E-state index is 0.258. The Labute approximate surface area is 64.1 Å². The van der Waals surface area contributed by atoms with Crippen molar-refractivity contribution in [3.8, 4) is 0 Å². The van der Waals surface area contributed by atoms with Crippen LogP contribution in [0.3, 0.4) is 0 Å². The van der Waals surface area contributed by atoms with Gasteiger partial charge in [-0.2, -0.15) is 0 Å². The van der Waals surface area contributed by atoms with Crippen LogP contribution < -0.4 is 5.73 Å². The highest BCUT2D eigenvalue weighted by molar-refractivity contribution is 5.97. The fourth-order valence-electron chi connectivity index (χ4n) is 0.711. The SMILES string of the molecule is CCOC1=C(N)C(=C=O)C=N1. The lowest BCUT2D eigenvalue weighted by atomic mass is 10.3. The molecule has 1 aliphatic heterocycles. The summed E-state index contributed by atoms with van der Waals surface area (Å²) in [4.78, 5) is 13.9.